The molecule has 0 saturated carbocycles. The van der Waals surface area contributed by atoms with E-state index < -0.39 is 23.7 Å². The van der Waals surface area contributed by atoms with Crippen LogP contribution in [0.3, 0.4) is 0 Å². The van der Waals surface area contributed by atoms with E-state index in [0.717, 1.165) is 6.07 Å². The van der Waals surface area contributed by atoms with Crippen LogP contribution in [0.5, 0.6) is 11.8 Å². The van der Waals surface area contributed by atoms with Gasteiger partial charge >= 0.3 is 5.97 Å². The Kier molecular flexibility index (Phi) is 6.65. The number of hydrogen-bond donors (Lipinski definition) is 1. The molecule has 10 heteroatoms. The average Bonchev–Trinajstić information content (AvgIpc) is 3.33. The molecule has 0 bridgehead atoms. The molecule has 2 aromatic carbocycles. The van der Waals surface area contributed by atoms with Gasteiger partial charge in [-0.2, -0.15) is 0 Å². The Morgan fingerprint density at radius 3 is 2.53 bits per heavy atom. The first-order chi connectivity index (χ1) is 16.3. The van der Waals surface area contributed by atoms with Gasteiger partial charge in [0.05, 0.1) is 19.8 Å². The molecular formula is C24H21ClFN3O5. The second-order valence-corrected chi connectivity index (χ2v) is 8.07. The molecule has 8 nitrogen and oxygen atoms in total. The molecule has 1 unspecified atom stereocenters. The first kappa shape index (κ1) is 23.4. The highest BCUT2D eigenvalue weighted by atomic mass is 35.5. The smallest absolute Gasteiger partial charge is 0.326 e. The third kappa shape index (κ3) is 4.26. The minimum Gasteiger partial charge on any atom is -0.480 e. The van der Waals surface area contributed by atoms with E-state index in [1.165, 1.54) is 31.3 Å². The van der Waals surface area contributed by atoms with Crippen molar-refractivity contribution in [3.05, 3.63) is 58.9 Å². The number of aromatic nitrogens is 2. The zero-order valence-corrected chi connectivity index (χ0v) is 19.2. The number of halogens is 2. The van der Waals surface area contributed by atoms with Crippen molar-refractivity contribution in [3.8, 4) is 34.0 Å². The summed E-state index contributed by atoms with van der Waals surface area (Å²) in [5, 5.41) is 17.6. The van der Waals surface area contributed by atoms with E-state index in [9.17, 15) is 14.7 Å². The maximum atomic E-state index is 15.8. The monoisotopic (exact) mass is 485 g/mol. The Morgan fingerprint density at radius 1 is 1.09 bits per heavy atom. The lowest BCUT2D eigenvalue weighted by Gasteiger charge is -2.23. The molecule has 1 N–H and O–H groups in total. The topological polar surface area (TPSA) is 102 Å². The zero-order chi connectivity index (χ0) is 24.4. The Hall–Kier alpha value is -3.72. The fraction of sp³-hybridized carbons (Fsp3) is 0.250. The minimum atomic E-state index is -1.09. The van der Waals surface area contributed by atoms with E-state index in [1.54, 1.807) is 24.3 Å². The standard InChI is InChI=1S/C24H21ClFN3O5/c1-33-20-12-16(22(34-2)28-27-20)21-15(14-6-3-4-7-17(14)25)10-13(11-18(21)26)23(30)29-9-5-8-19(29)24(31)32/h3-4,6-7,10-12,19H,5,8-9H2,1-2H3,(H,31,32). The molecule has 176 valence electrons. The number of carboxylic acid groups (broad SMARTS) is 1. The summed E-state index contributed by atoms with van der Waals surface area (Å²) in [6, 6.07) is 9.93. The molecule has 0 spiro atoms. The highest BCUT2D eigenvalue weighted by Gasteiger charge is 2.35. The third-order valence-corrected chi connectivity index (χ3v) is 6.04. The number of hydrogen-bond acceptors (Lipinski definition) is 6. The second kappa shape index (κ2) is 9.64. The lowest BCUT2D eigenvalue weighted by molar-refractivity contribution is -0.141. The SMILES string of the molecule is COc1cc(-c2c(F)cc(C(=O)N3CCCC3C(=O)O)cc2-c2ccccc2Cl)c(OC)nn1. The molecule has 1 fully saturated rings. The van der Waals surface area contributed by atoms with Crippen molar-refractivity contribution in [2.75, 3.05) is 20.8 Å². The summed E-state index contributed by atoms with van der Waals surface area (Å²) in [7, 11) is 2.78. The highest BCUT2D eigenvalue weighted by Crippen LogP contribution is 2.42. The largest absolute Gasteiger partial charge is 0.480 e. The lowest BCUT2D eigenvalue weighted by Crippen LogP contribution is -2.40. The molecule has 0 radical (unpaired) electrons. The van der Waals surface area contributed by atoms with Crippen LogP contribution in [0.25, 0.3) is 22.3 Å². The molecule has 1 atom stereocenters. The molecule has 0 aliphatic carbocycles. The van der Waals surface area contributed by atoms with Gasteiger partial charge in [-0.15, -0.1) is 10.2 Å². The summed E-state index contributed by atoms with van der Waals surface area (Å²) in [4.78, 5) is 26.1. The fourth-order valence-electron chi connectivity index (χ4n) is 4.12. The minimum absolute atomic E-state index is 0.0114. The third-order valence-electron chi connectivity index (χ3n) is 5.71. The predicted molar refractivity (Wildman–Crippen MR) is 123 cm³/mol. The van der Waals surface area contributed by atoms with Gasteiger partial charge in [-0.3, -0.25) is 4.79 Å². The number of carbonyl (C=O) groups excluding carboxylic acids is 1. The number of likely N-dealkylation sites (tertiary alicyclic amines) is 1. The first-order valence-corrected chi connectivity index (χ1v) is 10.8. The molecule has 34 heavy (non-hydrogen) atoms. The van der Waals surface area contributed by atoms with Crippen LogP contribution in [0.4, 0.5) is 4.39 Å². The molecule has 1 aliphatic heterocycles. The van der Waals surface area contributed by atoms with Gasteiger partial charge in [0.25, 0.3) is 5.91 Å². The van der Waals surface area contributed by atoms with Gasteiger partial charge in [0.2, 0.25) is 11.8 Å². The van der Waals surface area contributed by atoms with Gasteiger partial charge in [-0.1, -0.05) is 29.8 Å². The van der Waals surface area contributed by atoms with Crippen LogP contribution < -0.4 is 9.47 Å². The van der Waals surface area contributed by atoms with E-state index in [-0.39, 0.29) is 35.0 Å². The van der Waals surface area contributed by atoms with Crippen molar-refractivity contribution in [2.45, 2.75) is 18.9 Å². The average molecular weight is 486 g/mol. The van der Waals surface area contributed by atoms with Crippen molar-refractivity contribution < 1.29 is 28.6 Å². The van der Waals surface area contributed by atoms with Crippen molar-refractivity contribution >= 4 is 23.5 Å². The Labute approximate surface area is 199 Å². The summed E-state index contributed by atoms with van der Waals surface area (Å²) < 4.78 is 26.3. The van der Waals surface area contributed by atoms with Crippen LogP contribution in [0.15, 0.2) is 42.5 Å². The maximum Gasteiger partial charge on any atom is 0.326 e. The van der Waals surface area contributed by atoms with E-state index in [2.05, 4.69) is 10.2 Å². The molecule has 4 rings (SSSR count). The number of ether oxygens (including phenoxy) is 2. The number of carboxylic acids is 1. The van der Waals surface area contributed by atoms with E-state index in [1.807, 2.05) is 0 Å². The van der Waals surface area contributed by atoms with Crippen LogP contribution in [-0.2, 0) is 4.79 Å². The first-order valence-electron chi connectivity index (χ1n) is 10.4. The molecular weight excluding hydrogens is 465 g/mol. The Bertz CT molecular complexity index is 1270. The van der Waals surface area contributed by atoms with Gasteiger partial charge < -0.3 is 19.5 Å². The van der Waals surface area contributed by atoms with Crippen LogP contribution in [-0.4, -0.2) is 58.9 Å². The second-order valence-electron chi connectivity index (χ2n) is 7.66. The molecule has 1 saturated heterocycles. The number of aliphatic carboxylic acids is 1. The maximum absolute atomic E-state index is 15.8. The number of methoxy groups -OCH3 is 2. The van der Waals surface area contributed by atoms with Gasteiger partial charge in [0.1, 0.15) is 11.9 Å². The number of benzene rings is 2. The molecule has 1 aromatic heterocycles. The number of rotatable bonds is 6. The molecule has 3 aromatic rings. The number of amides is 1. The fourth-order valence-corrected chi connectivity index (χ4v) is 4.36. The summed E-state index contributed by atoms with van der Waals surface area (Å²) in [6.07, 6.45) is 0.902. The van der Waals surface area contributed by atoms with E-state index in [4.69, 9.17) is 21.1 Å². The molecule has 1 aliphatic rings. The summed E-state index contributed by atoms with van der Waals surface area (Å²) >= 11 is 6.45. The summed E-state index contributed by atoms with van der Waals surface area (Å²) in [5.41, 5.74) is 1.14. The van der Waals surface area contributed by atoms with Crippen molar-refractivity contribution in [1.29, 1.82) is 0 Å². The van der Waals surface area contributed by atoms with Crippen LogP contribution in [0.2, 0.25) is 5.02 Å². The van der Waals surface area contributed by atoms with Crippen LogP contribution >= 0.6 is 11.6 Å². The normalized spacial score (nSPS) is 15.3. The number of nitrogens with zero attached hydrogens (tertiary/aromatic N) is 3. The lowest BCUT2D eigenvalue weighted by atomic mass is 9.92. The Balaban J connectivity index is 1.95. The van der Waals surface area contributed by atoms with Crippen LogP contribution in [0, 0.1) is 5.82 Å². The Morgan fingerprint density at radius 2 is 1.85 bits per heavy atom. The predicted octanol–water partition coefficient (Wildman–Crippen LogP) is 4.31. The van der Waals surface area contributed by atoms with Crippen molar-refractivity contribution in [3.63, 3.8) is 0 Å². The molecule has 2 heterocycles. The van der Waals surface area contributed by atoms with Crippen LogP contribution in [0.1, 0.15) is 23.2 Å². The van der Waals surface area contributed by atoms with Crippen molar-refractivity contribution in [2.24, 2.45) is 0 Å². The van der Waals surface area contributed by atoms with Gasteiger partial charge in [-0.25, -0.2) is 9.18 Å². The number of carbonyl (C=O) groups is 2. The van der Waals surface area contributed by atoms with E-state index >= 15 is 4.39 Å². The van der Waals surface area contributed by atoms with Gasteiger partial charge in [0, 0.05) is 34.3 Å². The van der Waals surface area contributed by atoms with E-state index in [0.29, 0.717) is 29.0 Å². The quantitative estimate of drug-likeness (QED) is 0.555. The molecule has 1 amide bonds. The summed E-state index contributed by atoms with van der Waals surface area (Å²) in [6.45, 7) is 0.278. The van der Waals surface area contributed by atoms with Gasteiger partial charge in [0.15, 0.2) is 0 Å². The summed E-state index contributed by atoms with van der Waals surface area (Å²) in [5.74, 6) is -2.20. The zero-order valence-electron chi connectivity index (χ0n) is 18.4. The van der Waals surface area contributed by atoms with Crippen molar-refractivity contribution in [1.82, 2.24) is 15.1 Å². The highest BCUT2D eigenvalue weighted by molar-refractivity contribution is 6.33. The van der Waals surface area contributed by atoms with Gasteiger partial charge in [-0.05, 0) is 36.6 Å².